The molecule has 1 aromatic carbocycles. The van der Waals surface area contributed by atoms with Crippen LogP contribution in [0, 0.1) is 11.3 Å². The highest BCUT2D eigenvalue weighted by Crippen LogP contribution is 2.24. The van der Waals surface area contributed by atoms with Crippen molar-refractivity contribution in [3.8, 4) is 17.5 Å². The van der Waals surface area contributed by atoms with Crippen LogP contribution >= 0.6 is 11.6 Å². The summed E-state index contributed by atoms with van der Waals surface area (Å²) in [5.41, 5.74) is 0.305. The molecule has 0 aliphatic rings. The molecule has 0 fully saturated rings. The highest BCUT2D eigenvalue weighted by Gasteiger charge is 2.10. The van der Waals surface area contributed by atoms with E-state index in [0.717, 1.165) is 0 Å². The Morgan fingerprint density at radius 1 is 1.41 bits per heavy atom. The molecule has 0 aliphatic carbocycles. The van der Waals surface area contributed by atoms with Gasteiger partial charge in [-0.05, 0) is 12.1 Å². The van der Waals surface area contributed by atoms with Gasteiger partial charge in [0.1, 0.15) is 17.5 Å². The molecule has 2 aromatic rings. The summed E-state index contributed by atoms with van der Waals surface area (Å²) in [6.07, 6.45) is 1.26. The van der Waals surface area contributed by atoms with Crippen molar-refractivity contribution in [2.24, 2.45) is 7.05 Å². The summed E-state index contributed by atoms with van der Waals surface area (Å²) in [4.78, 5) is 15.9. The maximum Gasteiger partial charge on any atom is 0.271 e. The van der Waals surface area contributed by atoms with Gasteiger partial charge in [0.2, 0.25) is 0 Å². The van der Waals surface area contributed by atoms with Gasteiger partial charge in [-0.15, -0.1) is 0 Å². The highest BCUT2D eigenvalue weighted by molar-refractivity contribution is 6.33. The van der Waals surface area contributed by atoms with Crippen LogP contribution in [0.4, 0.5) is 0 Å². The molecule has 4 nitrogen and oxygen atoms in total. The minimum atomic E-state index is -0.377. The normalized spacial score (nSPS) is 9.94. The Morgan fingerprint density at radius 2 is 2.12 bits per heavy atom. The molecule has 17 heavy (non-hydrogen) atoms. The van der Waals surface area contributed by atoms with Crippen LogP contribution < -0.4 is 5.56 Å². The van der Waals surface area contributed by atoms with Crippen molar-refractivity contribution in [1.29, 1.82) is 5.26 Å². The van der Waals surface area contributed by atoms with Gasteiger partial charge in [0.25, 0.3) is 5.56 Å². The van der Waals surface area contributed by atoms with Crippen molar-refractivity contribution in [2.45, 2.75) is 0 Å². The number of hydrogen-bond donors (Lipinski definition) is 0. The molecular formula is C12H8ClN3O. The second kappa shape index (κ2) is 4.40. The second-order valence-electron chi connectivity index (χ2n) is 3.45. The first kappa shape index (κ1) is 11.4. The van der Waals surface area contributed by atoms with Gasteiger partial charge in [-0.25, -0.2) is 4.98 Å². The number of nitriles is 1. The van der Waals surface area contributed by atoms with Crippen molar-refractivity contribution < 1.29 is 0 Å². The third-order valence-electron chi connectivity index (χ3n) is 2.40. The van der Waals surface area contributed by atoms with Gasteiger partial charge < -0.3 is 0 Å². The molecule has 0 bridgehead atoms. The zero-order valence-electron chi connectivity index (χ0n) is 9.01. The molecular weight excluding hydrogens is 238 g/mol. The van der Waals surface area contributed by atoms with Crippen LogP contribution in [0.2, 0.25) is 5.02 Å². The molecule has 84 valence electrons. The first-order valence-electron chi connectivity index (χ1n) is 4.86. The molecule has 1 heterocycles. The second-order valence-corrected chi connectivity index (χ2v) is 3.86. The molecule has 0 amide bonds. The minimum Gasteiger partial charge on any atom is -0.295 e. The SMILES string of the molecule is Cn1c(-c2ccccc2Cl)ncc(C#N)c1=O. The molecule has 0 saturated heterocycles. The van der Waals surface area contributed by atoms with Crippen LogP contribution in [0.15, 0.2) is 35.3 Å². The summed E-state index contributed by atoms with van der Waals surface area (Å²) in [6.45, 7) is 0. The number of aromatic nitrogens is 2. The lowest BCUT2D eigenvalue weighted by Gasteiger charge is -2.08. The molecule has 5 heteroatoms. The average molecular weight is 246 g/mol. The Morgan fingerprint density at radius 3 is 2.76 bits per heavy atom. The van der Waals surface area contributed by atoms with Crippen LogP contribution in [-0.4, -0.2) is 9.55 Å². The third kappa shape index (κ3) is 1.93. The largest absolute Gasteiger partial charge is 0.295 e. The van der Waals surface area contributed by atoms with Crippen LogP contribution in [0.3, 0.4) is 0 Å². The van der Waals surface area contributed by atoms with E-state index in [1.165, 1.54) is 10.8 Å². The van der Waals surface area contributed by atoms with Crippen molar-refractivity contribution >= 4 is 11.6 Å². The number of benzene rings is 1. The minimum absolute atomic E-state index is 0.0169. The highest BCUT2D eigenvalue weighted by atomic mass is 35.5. The lowest BCUT2D eigenvalue weighted by molar-refractivity contribution is 0.832. The van der Waals surface area contributed by atoms with E-state index < -0.39 is 0 Å². The third-order valence-corrected chi connectivity index (χ3v) is 2.73. The van der Waals surface area contributed by atoms with Gasteiger partial charge in [0, 0.05) is 12.6 Å². The Kier molecular flexibility index (Phi) is 2.94. The lowest BCUT2D eigenvalue weighted by Crippen LogP contribution is -2.22. The fraction of sp³-hybridized carbons (Fsp3) is 0.0833. The Balaban J connectivity index is 2.72. The van der Waals surface area contributed by atoms with E-state index >= 15 is 0 Å². The van der Waals surface area contributed by atoms with E-state index in [-0.39, 0.29) is 11.1 Å². The number of halogens is 1. The quantitative estimate of drug-likeness (QED) is 0.772. The molecule has 0 atom stereocenters. The van der Waals surface area contributed by atoms with Gasteiger partial charge >= 0.3 is 0 Å². The summed E-state index contributed by atoms with van der Waals surface area (Å²) < 4.78 is 1.32. The summed E-state index contributed by atoms with van der Waals surface area (Å²) >= 11 is 6.04. The van der Waals surface area contributed by atoms with E-state index in [2.05, 4.69) is 4.98 Å². The Hall–Kier alpha value is -2.12. The van der Waals surface area contributed by atoms with Crippen molar-refractivity contribution in [2.75, 3.05) is 0 Å². The van der Waals surface area contributed by atoms with E-state index in [1.54, 1.807) is 31.3 Å². The van der Waals surface area contributed by atoms with E-state index in [0.29, 0.717) is 16.4 Å². The first-order chi connectivity index (χ1) is 8.15. The van der Waals surface area contributed by atoms with Crippen LogP contribution in [0.5, 0.6) is 0 Å². The fourth-order valence-corrected chi connectivity index (χ4v) is 1.73. The number of nitrogens with zero attached hydrogens (tertiary/aromatic N) is 3. The number of rotatable bonds is 1. The summed E-state index contributed by atoms with van der Waals surface area (Å²) in [5, 5.41) is 9.24. The van der Waals surface area contributed by atoms with Crippen LogP contribution in [0.1, 0.15) is 5.56 Å². The van der Waals surface area contributed by atoms with E-state index in [4.69, 9.17) is 16.9 Å². The average Bonchev–Trinajstić information content (AvgIpc) is 2.34. The van der Waals surface area contributed by atoms with Gasteiger partial charge in [0.15, 0.2) is 0 Å². The zero-order valence-corrected chi connectivity index (χ0v) is 9.77. The molecule has 0 unspecified atom stereocenters. The van der Waals surface area contributed by atoms with E-state index in [1.807, 2.05) is 6.07 Å². The van der Waals surface area contributed by atoms with E-state index in [9.17, 15) is 4.79 Å². The molecule has 2 rings (SSSR count). The molecule has 0 aliphatic heterocycles. The first-order valence-corrected chi connectivity index (χ1v) is 5.24. The predicted molar refractivity (Wildman–Crippen MR) is 64.6 cm³/mol. The summed E-state index contributed by atoms with van der Waals surface area (Å²) in [6, 6.07) is 8.91. The van der Waals surface area contributed by atoms with Crippen molar-refractivity contribution in [3.63, 3.8) is 0 Å². The topological polar surface area (TPSA) is 58.7 Å². The molecule has 0 N–H and O–H groups in total. The fourth-order valence-electron chi connectivity index (χ4n) is 1.51. The summed E-state index contributed by atoms with van der Waals surface area (Å²) in [5.74, 6) is 0.444. The Bertz CT molecular complexity index is 670. The monoisotopic (exact) mass is 245 g/mol. The van der Waals surface area contributed by atoms with Crippen molar-refractivity contribution in [3.05, 3.63) is 51.4 Å². The summed E-state index contributed by atoms with van der Waals surface area (Å²) in [7, 11) is 1.56. The van der Waals surface area contributed by atoms with Crippen molar-refractivity contribution in [1.82, 2.24) is 9.55 Å². The smallest absolute Gasteiger partial charge is 0.271 e. The standard InChI is InChI=1S/C12H8ClN3O/c1-16-11(9-4-2-3-5-10(9)13)15-7-8(6-14)12(16)17/h2-5,7H,1H3. The molecule has 0 radical (unpaired) electrons. The molecule has 1 aromatic heterocycles. The molecule has 0 saturated carbocycles. The van der Waals surface area contributed by atoms with Gasteiger partial charge in [0.05, 0.1) is 11.2 Å². The number of hydrogen-bond acceptors (Lipinski definition) is 3. The predicted octanol–water partition coefficient (Wildman–Crippen LogP) is 1.97. The Labute approximate surface area is 103 Å². The van der Waals surface area contributed by atoms with Crippen LogP contribution in [0.25, 0.3) is 11.4 Å². The maximum absolute atomic E-state index is 11.8. The lowest BCUT2D eigenvalue weighted by atomic mass is 10.2. The van der Waals surface area contributed by atoms with Gasteiger partial charge in [-0.2, -0.15) is 5.26 Å². The van der Waals surface area contributed by atoms with Gasteiger partial charge in [-0.3, -0.25) is 9.36 Å². The molecule has 0 spiro atoms. The zero-order chi connectivity index (χ0) is 12.4. The van der Waals surface area contributed by atoms with Gasteiger partial charge in [-0.1, -0.05) is 23.7 Å². The van der Waals surface area contributed by atoms with Crippen LogP contribution in [-0.2, 0) is 7.05 Å². The maximum atomic E-state index is 11.8.